The Kier molecular flexibility index (Phi) is 6.42. The average molecular weight is 420 g/mol. The lowest BCUT2D eigenvalue weighted by Crippen LogP contribution is -2.27. The molecule has 3 rings (SSSR count). The summed E-state index contributed by atoms with van der Waals surface area (Å²) in [5.41, 5.74) is 1.74. The molecule has 0 radical (unpaired) electrons. The van der Waals surface area contributed by atoms with Crippen LogP contribution in [0.5, 0.6) is 11.5 Å². The molecule has 1 saturated heterocycles. The number of thiocarbonyl (C=S) groups is 1. The van der Waals surface area contributed by atoms with Crippen molar-refractivity contribution in [1.29, 1.82) is 0 Å². The summed E-state index contributed by atoms with van der Waals surface area (Å²) in [6.45, 7) is 2.81. The number of carbonyl (C=O) groups is 1. The second-order valence-corrected chi connectivity index (χ2v) is 7.80. The summed E-state index contributed by atoms with van der Waals surface area (Å²) in [5.74, 6) is 1.13. The maximum Gasteiger partial charge on any atom is 0.266 e. The molecule has 0 unspecified atom stereocenters. The molecule has 0 bridgehead atoms. The monoisotopic (exact) mass is 419 g/mol. The molecule has 0 atom stereocenters. The van der Waals surface area contributed by atoms with Gasteiger partial charge in [-0.1, -0.05) is 59.8 Å². The van der Waals surface area contributed by atoms with Crippen LogP contribution in [0.1, 0.15) is 18.1 Å². The molecule has 0 aliphatic carbocycles. The van der Waals surface area contributed by atoms with Gasteiger partial charge in [-0.15, -0.1) is 0 Å². The van der Waals surface area contributed by atoms with Crippen molar-refractivity contribution in [1.82, 2.24) is 4.90 Å². The van der Waals surface area contributed by atoms with Gasteiger partial charge in [-0.3, -0.25) is 9.69 Å². The van der Waals surface area contributed by atoms with Crippen molar-refractivity contribution in [3.05, 3.63) is 63.5 Å². The number of nitrogens with zero attached hydrogens (tertiary/aromatic N) is 1. The zero-order valence-electron chi connectivity index (χ0n) is 14.9. The number of carbonyl (C=O) groups excluding carboxylic acids is 1. The number of rotatable bonds is 6. The minimum absolute atomic E-state index is 0.0643. The highest BCUT2D eigenvalue weighted by Gasteiger charge is 2.30. The lowest BCUT2D eigenvalue weighted by molar-refractivity contribution is -0.121. The molecule has 27 heavy (non-hydrogen) atoms. The summed E-state index contributed by atoms with van der Waals surface area (Å²) < 4.78 is 11.9. The van der Waals surface area contributed by atoms with Crippen LogP contribution in [0.3, 0.4) is 0 Å². The molecule has 2 aromatic carbocycles. The van der Waals surface area contributed by atoms with E-state index in [0.717, 1.165) is 11.1 Å². The van der Waals surface area contributed by atoms with Gasteiger partial charge in [0.05, 0.1) is 12.0 Å². The van der Waals surface area contributed by atoms with Gasteiger partial charge in [0.2, 0.25) is 0 Å². The standard InChI is InChI=1S/C20H18ClNO3S2/c1-3-22-19(23)18(27-20(22)26)11-13-8-9-16(17(10-13)24-2)25-12-14-6-4-5-7-15(14)21/h4-11H,3,12H2,1-2H3. The first kappa shape index (κ1) is 19.7. The number of hydrogen-bond acceptors (Lipinski definition) is 5. The van der Waals surface area contributed by atoms with Crippen molar-refractivity contribution in [2.45, 2.75) is 13.5 Å². The van der Waals surface area contributed by atoms with Crippen LogP contribution in [-0.4, -0.2) is 28.8 Å². The van der Waals surface area contributed by atoms with E-state index in [2.05, 4.69) is 0 Å². The molecular weight excluding hydrogens is 402 g/mol. The van der Waals surface area contributed by atoms with E-state index in [0.29, 0.717) is 38.9 Å². The normalized spacial score (nSPS) is 15.5. The van der Waals surface area contributed by atoms with Crippen LogP contribution in [0.25, 0.3) is 6.08 Å². The molecule has 1 heterocycles. The van der Waals surface area contributed by atoms with E-state index >= 15 is 0 Å². The molecule has 1 fully saturated rings. The van der Waals surface area contributed by atoms with Crippen molar-refractivity contribution in [2.24, 2.45) is 0 Å². The molecule has 0 saturated carbocycles. The Balaban J connectivity index is 1.79. The largest absolute Gasteiger partial charge is 0.493 e. The third-order valence-corrected chi connectivity index (χ3v) is 5.76. The third-order valence-electron chi connectivity index (χ3n) is 4.02. The first-order valence-corrected chi connectivity index (χ1v) is 9.93. The van der Waals surface area contributed by atoms with Crippen molar-refractivity contribution in [3.8, 4) is 11.5 Å². The van der Waals surface area contributed by atoms with E-state index in [-0.39, 0.29) is 5.91 Å². The highest BCUT2D eigenvalue weighted by atomic mass is 35.5. The average Bonchev–Trinajstić information content (AvgIpc) is 2.94. The quantitative estimate of drug-likeness (QED) is 0.478. The summed E-state index contributed by atoms with van der Waals surface area (Å²) in [6, 6.07) is 13.1. The maximum atomic E-state index is 12.3. The predicted molar refractivity (Wildman–Crippen MR) is 114 cm³/mol. The molecular formula is C20H18ClNO3S2. The van der Waals surface area contributed by atoms with Crippen molar-refractivity contribution < 1.29 is 14.3 Å². The van der Waals surface area contributed by atoms with Gasteiger partial charge in [-0.05, 0) is 36.8 Å². The van der Waals surface area contributed by atoms with E-state index < -0.39 is 0 Å². The lowest BCUT2D eigenvalue weighted by atomic mass is 10.1. The fourth-order valence-corrected chi connectivity index (χ4v) is 4.16. The van der Waals surface area contributed by atoms with Crippen LogP contribution in [0.4, 0.5) is 0 Å². The van der Waals surface area contributed by atoms with Gasteiger partial charge in [0.25, 0.3) is 5.91 Å². The first-order chi connectivity index (χ1) is 13.0. The number of hydrogen-bond donors (Lipinski definition) is 0. The zero-order valence-corrected chi connectivity index (χ0v) is 17.3. The van der Waals surface area contributed by atoms with E-state index in [9.17, 15) is 4.79 Å². The fourth-order valence-electron chi connectivity index (χ4n) is 2.59. The Hall–Kier alpha value is -2.02. The van der Waals surface area contributed by atoms with Gasteiger partial charge in [-0.25, -0.2) is 0 Å². The smallest absolute Gasteiger partial charge is 0.266 e. The fraction of sp³-hybridized carbons (Fsp3) is 0.200. The van der Waals surface area contributed by atoms with Gasteiger partial charge in [0, 0.05) is 17.1 Å². The molecule has 1 amide bonds. The van der Waals surface area contributed by atoms with Crippen LogP contribution < -0.4 is 9.47 Å². The molecule has 0 aromatic heterocycles. The predicted octanol–water partition coefficient (Wildman–Crippen LogP) is 5.15. The van der Waals surface area contributed by atoms with Crippen LogP contribution in [0, 0.1) is 0 Å². The zero-order chi connectivity index (χ0) is 19.4. The van der Waals surface area contributed by atoms with Crippen LogP contribution in [0.15, 0.2) is 47.4 Å². The summed E-state index contributed by atoms with van der Waals surface area (Å²) in [4.78, 5) is 14.5. The molecule has 1 aliphatic rings. The number of amides is 1. The summed E-state index contributed by atoms with van der Waals surface area (Å²) >= 11 is 12.7. The SMILES string of the molecule is CCN1C(=O)C(=Cc2ccc(OCc3ccccc3Cl)c(OC)c2)SC1=S. The van der Waals surface area contributed by atoms with E-state index in [1.165, 1.54) is 11.8 Å². The Morgan fingerprint density at radius 1 is 1.22 bits per heavy atom. The number of thioether (sulfide) groups is 1. The molecule has 7 heteroatoms. The maximum absolute atomic E-state index is 12.3. The number of halogens is 1. The van der Waals surface area contributed by atoms with E-state index in [1.54, 1.807) is 12.0 Å². The Morgan fingerprint density at radius 2 is 2.00 bits per heavy atom. The third kappa shape index (κ3) is 4.46. The van der Waals surface area contributed by atoms with Gasteiger partial charge < -0.3 is 9.47 Å². The van der Waals surface area contributed by atoms with E-state index in [4.69, 9.17) is 33.3 Å². The molecule has 2 aromatic rings. The number of likely N-dealkylation sites (N-methyl/N-ethyl adjacent to an activating group) is 1. The molecule has 140 valence electrons. The Labute approximate surface area is 173 Å². The second-order valence-electron chi connectivity index (χ2n) is 5.72. The van der Waals surface area contributed by atoms with Gasteiger partial charge >= 0.3 is 0 Å². The van der Waals surface area contributed by atoms with Crippen LogP contribution in [-0.2, 0) is 11.4 Å². The van der Waals surface area contributed by atoms with Crippen molar-refractivity contribution in [2.75, 3.05) is 13.7 Å². The van der Waals surface area contributed by atoms with Gasteiger partial charge in [0.1, 0.15) is 10.9 Å². The minimum Gasteiger partial charge on any atom is -0.493 e. The van der Waals surface area contributed by atoms with Crippen LogP contribution in [0.2, 0.25) is 5.02 Å². The molecule has 1 aliphatic heterocycles. The molecule has 0 N–H and O–H groups in total. The number of methoxy groups -OCH3 is 1. The lowest BCUT2D eigenvalue weighted by Gasteiger charge is -2.12. The second kappa shape index (κ2) is 8.78. The van der Waals surface area contributed by atoms with Gasteiger partial charge in [0.15, 0.2) is 11.5 Å². The summed E-state index contributed by atoms with van der Waals surface area (Å²) in [5, 5.41) is 0.658. The minimum atomic E-state index is -0.0643. The Morgan fingerprint density at radius 3 is 2.67 bits per heavy atom. The van der Waals surface area contributed by atoms with Crippen molar-refractivity contribution in [3.63, 3.8) is 0 Å². The van der Waals surface area contributed by atoms with Crippen molar-refractivity contribution >= 4 is 51.9 Å². The number of benzene rings is 2. The Bertz CT molecular complexity index is 914. The number of ether oxygens (including phenoxy) is 2. The van der Waals surface area contributed by atoms with Crippen LogP contribution >= 0.6 is 35.6 Å². The van der Waals surface area contributed by atoms with Gasteiger partial charge in [-0.2, -0.15) is 0 Å². The molecule has 4 nitrogen and oxygen atoms in total. The summed E-state index contributed by atoms with van der Waals surface area (Å²) in [7, 11) is 1.58. The summed E-state index contributed by atoms with van der Waals surface area (Å²) in [6.07, 6.45) is 1.81. The molecule has 0 spiro atoms. The first-order valence-electron chi connectivity index (χ1n) is 8.33. The van der Waals surface area contributed by atoms with E-state index in [1.807, 2.05) is 55.5 Å². The highest BCUT2D eigenvalue weighted by molar-refractivity contribution is 8.26. The topological polar surface area (TPSA) is 38.8 Å². The highest BCUT2D eigenvalue weighted by Crippen LogP contribution is 2.35.